The third-order valence-corrected chi connectivity index (χ3v) is 2.88. The van der Waals surface area contributed by atoms with Gasteiger partial charge in [-0.05, 0) is 17.2 Å². The molecule has 5 nitrogen and oxygen atoms in total. The van der Waals surface area contributed by atoms with E-state index in [9.17, 15) is 4.79 Å². The highest BCUT2D eigenvalue weighted by Gasteiger charge is 2.25. The normalized spacial score (nSPS) is 16.2. The van der Waals surface area contributed by atoms with Crippen LogP contribution < -0.4 is 5.43 Å². The summed E-state index contributed by atoms with van der Waals surface area (Å²) in [5, 5.41) is 0. The van der Waals surface area contributed by atoms with Crippen LogP contribution in [0.3, 0.4) is 0 Å². The maximum atomic E-state index is 11.4. The lowest BCUT2D eigenvalue weighted by Gasteiger charge is -2.13. The number of rotatable bonds is 1. The number of aromatic nitrogens is 1. The van der Waals surface area contributed by atoms with Gasteiger partial charge in [-0.15, -0.1) is 0 Å². The van der Waals surface area contributed by atoms with Gasteiger partial charge >= 0.3 is 5.97 Å². The van der Waals surface area contributed by atoms with Crippen LogP contribution in [0.25, 0.3) is 6.08 Å². The Hall–Kier alpha value is -2.04. The first-order valence-corrected chi connectivity index (χ1v) is 5.06. The van der Waals surface area contributed by atoms with Gasteiger partial charge in [0.25, 0.3) is 0 Å². The fourth-order valence-corrected chi connectivity index (χ4v) is 2.11. The van der Waals surface area contributed by atoms with E-state index in [1.54, 1.807) is 0 Å². The summed E-state index contributed by atoms with van der Waals surface area (Å²) in [6, 6.07) is 0. The molecule has 1 aromatic rings. The number of ether oxygens (including phenoxy) is 1. The van der Waals surface area contributed by atoms with Crippen LogP contribution >= 0.6 is 0 Å². The number of esters is 1. The number of methoxy groups -OCH3 is 1. The molecule has 0 fully saturated rings. The molecule has 2 heterocycles. The van der Waals surface area contributed by atoms with E-state index >= 15 is 0 Å². The molecule has 0 unspecified atom stereocenters. The number of hydrogen-bond acceptors (Lipinski definition) is 4. The average Bonchev–Trinajstić information content (AvgIpc) is 2.85. The predicted octanol–water partition coefficient (Wildman–Crippen LogP) is 0.534. The van der Waals surface area contributed by atoms with Gasteiger partial charge in [-0.1, -0.05) is 0 Å². The van der Waals surface area contributed by atoms with E-state index in [0.717, 1.165) is 16.8 Å². The van der Waals surface area contributed by atoms with Crippen molar-refractivity contribution in [2.24, 2.45) is 4.99 Å². The van der Waals surface area contributed by atoms with E-state index in [4.69, 9.17) is 4.74 Å². The summed E-state index contributed by atoms with van der Waals surface area (Å²) in [7, 11) is 1.40. The fourth-order valence-electron chi connectivity index (χ4n) is 2.11. The van der Waals surface area contributed by atoms with Gasteiger partial charge in [-0.25, -0.2) is 4.79 Å². The Kier molecular flexibility index (Phi) is 1.86. The number of carbonyl (C=O) groups excluding carboxylic acids is 1. The molecular weight excluding hydrogens is 206 g/mol. The topological polar surface area (TPSA) is 55.6 Å². The molecule has 1 N–H and O–H groups in total. The van der Waals surface area contributed by atoms with Crippen molar-refractivity contribution in [2.75, 3.05) is 19.2 Å². The summed E-state index contributed by atoms with van der Waals surface area (Å²) in [6.45, 7) is 0.591. The number of aliphatic imine (C=N–C) groups is 1. The molecule has 0 bridgehead atoms. The first-order valence-electron chi connectivity index (χ1n) is 5.06. The monoisotopic (exact) mass is 217 g/mol. The molecule has 0 radical (unpaired) electrons. The zero-order valence-corrected chi connectivity index (χ0v) is 8.86. The van der Waals surface area contributed by atoms with Crippen molar-refractivity contribution in [1.29, 1.82) is 0 Å². The lowest BCUT2D eigenvalue weighted by atomic mass is 10.1. The molecule has 16 heavy (non-hydrogen) atoms. The van der Waals surface area contributed by atoms with Gasteiger partial charge in [0.05, 0.1) is 12.8 Å². The first-order chi connectivity index (χ1) is 7.79. The highest BCUT2D eigenvalue weighted by atomic mass is 16.5. The van der Waals surface area contributed by atoms with E-state index in [2.05, 4.69) is 10.4 Å². The number of hydrogen-bond donors (Lipinski definition) is 1. The molecule has 2 aliphatic rings. The molecule has 1 aromatic heterocycles. The van der Waals surface area contributed by atoms with E-state index in [1.807, 2.05) is 23.2 Å². The van der Waals surface area contributed by atoms with Crippen LogP contribution in [0.4, 0.5) is 0 Å². The Balaban J connectivity index is 2.00. The summed E-state index contributed by atoms with van der Waals surface area (Å²) in [6.07, 6.45) is 6.31. The Bertz CT molecular complexity index is 526. The molecular formula is C11H11N3O2. The number of nitrogens with zero attached hydrogens (tertiary/aromatic N) is 2. The lowest BCUT2D eigenvalue weighted by molar-refractivity contribution is -0.136. The SMILES string of the molecule is COC(=O)C1=Cc2cn3c(c2C1)C=NCN3. The van der Waals surface area contributed by atoms with Crippen molar-refractivity contribution in [2.45, 2.75) is 6.42 Å². The van der Waals surface area contributed by atoms with Crippen molar-refractivity contribution < 1.29 is 9.53 Å². The minimum Gasteiger partial charge on any atom is -0.466 e. The van der Waals surface area contributed by atoms with Gasteiger partial charge in [0.1, 0.15) is 6.67 Å². The zero-order valence-electron chi connectivity index (χ0n) is 8.86. The van der Waals surface area contributed by atoms with Crippen molar-refractivity contribution in [1.82, 2.24) is 4.68 Å². The van der Waals surface area contributed by atoms with Crippen LogP contribution in [0.15, 0.2) is 16.8 Å². The Morgan fingerprint density at radius 3 is 3.31 bits per heavy atom. The maximum Gasteiger partial charge on any atom is 0.334 e. The quantitative estimate of drug-likeness (QED) is 0.698. The average molecular weight is 217 g/mol. The summed E-state index contributed by atoms with van der Waals surface area (Å²) >= 11 is 0. The second-order valence-electron chi connectivity index (χ2n) is 3.78. The van der Waals surface area contributed by atoms with Crippen LogP contribution in [-0.2, 0) is 16.0 Å². The molecule has 1 aliphatic carbocycles. The molecule has 3 rings (SSSR count). The summed E-state index contributed by atoms with van der Waals surface area (Å²) < 4.78 is 6.66. The molecule has 0 aromatic carbocycles. The number of fused-ring (bicyclic) bond motifs is 3. The molecule has 0 spiro atoms. The number of nitrogens with one attached hydrogen (secondary N) is 1. The second kappa shape index (κ2) is 3.23. The van der Waals surface area contributed by atoms with E-state index < -0.39 is 0 Å². The third-order valence-electron chi connectivity index (χ3n) is 2.88. The molecule has 5 heteroatoms. The van der Waals surface area contributed by atoms with E-state index in [0.29, 0.717) is 18.7 Å². The zero-order chi connectivity index (χ0) is 11.1. The highest BCUT2D eigenvalue weighted by Crippen LogP contribution is 2.29. The Morgan fingerprint density at radius 1 is 1.62 bits per heavy atom. The summed E-state index contributed by atoms with van der Waals surface area (Å²) in [4.78, 5) is 15.6. The fraction of sp³-hybridized carbons (Fsp3) is 0.273. The Morgan fingerprint density at radius 2 is 2.50 bits per heavy atom. The van der Waals surface area contributed by atoms with Crippen molar-refractivity contribution in [3.05, 3.63) is 28.6 Å². The van der Waals surface area contributed by atoms with Crippen LogP contribution in [0, 0.1) is 0 Å². The van der Waals surface area contributed by atoms with Gasteiger partial charge in [-0.2, -0.15) is 0 Å². The van der Waals surface area contributed by atoms with Gasteiger partial charge in [0.2, 0.25) is 0 Å². The second-order valence-corrected chi connectivity index (χ2v) is 3.78. The standard InChI is InChI=1S/C11H11N3O2/c1-16-11(15)7-2-8-5-14-10(9(8)3-7)4-12-6-13-14/h2,4-5,13H,3,6H2,1H3. The van der Waals surface area contributed by atoms with E-state index in [1.165, 1.54) is 7.11 Å². The summed E-state index contributed by atoms with van der Waals surface area (Å²) in [5.41, 5.74) is 7.05. The van der Waals surface area contributed by atoms with Crippen LogP contribution in [0.2, 0.25) is 0 Å². The van der Waals surface area contributed by atoms with Crippen molar-refractivity contribution in [3.8, 4) is 0 Å². The number of carbonyl (C=O) groups is 1. The molecule has 1 aliphatic heterocycles. The van der Waals surface area contributed by atoms with Gasteiger partial charge in [-0.3, -0.25) is 9.67 Å². The lowest BCUT2D eigenvalue weighted by Crippen LogP contribution is -2.21. The van der Waals surface area contributed by atoms with Crippen LogP contribution in [-0.4, -0.2) is 30.6 Å². The molecule has 0 saturated carbocycles. The molecule has 0 saturated heterocycles. The highest BCUT2D eigenvalue weighted by molar-refractivity contribution is 5.98. The molecule has 82 valence electrons. The smallest absolute Gasteiger partial charge is 0.334 e. The van der Waals surface area contributed by atoms with Gasteiger partial charge in [0, 0.05) is 24.4 Å². The van der Waals surface area contributed by atoms with E-state index in [-0.39, 0.29) is 5.97 Å². The summed E-state index contributed by atoms with van der Waals surface area (Å²) in [5.74, 6) is -0.254. The Labute approximate surface area is 92.4 Å². The molecule has 0 atom stereocenters. The van der Waals surface area contributed by atoms with Crippen LogP contribution in [0.5, 0.6) is 0 Å². The van der Waals surface area contributed by atoms with Gasteiger partial charge in [0.15, 0.2) is 0 Å². The molecule has 0 amide bonds. The van der Waals surface area contributed by atoms with Gasteiger partial charge < -0.3 is 10.2 Å². The minimum atomic E-state index is -0.254. The van der Waals surface area contributed by atoms with Crippen molar-refractivity contribution >= 4 is 18.3 Å². The largest absolute Gasteiger partial charge is 0.466 e. The predicted molar refractivity (Wildman–Crippen MR) is 60.0 cm³/mol. The minimum absolute atomic E-state index is 0.254. The van der Waals surface area contributed by atoms with Crippen molar-refractivity contribution in [3.63, 3.8) is 0 Å². The van der Waals surface area contributed by atoms with Crippen LogP contribution in [0.1, 0.15) is 16.8 Å². The maximum absolute atomic E-state index is 11.4. The third kappa shape index (κ3) is 1.18. The first kappa shape index (κ1) is 9.21.